The molecule has 1 aromatic rings. The van der Waals surface area contributed by atoms with E-state index < -0.39 is 0 Å². The topological polar surface area (TPSA) is 35.8 Å². The minimum atomic E-state index is 0.542. The molecule has 1 N–H and O–H groups in total. The second-order valence-corrected chi connectivity index (χ2v) is 5.79. The van der Waals surface area contributed by atoms with Crippen LogP contribution in [0.4, 0.5) is 5.69 Å². The molecule has 1 aromatic carbocycles. The maximum Gasteiger partial charge on any atom is 0.0994 e. The number of benzene rings is 1. The fourth-order valence-electron chi connectivity index (χ4n) is 3.39. The van der Waals surface area contributed by atoms with Gasteiger partial charge < -0.3 is 5.32 Å². The normalized spacial score (nSPS) is 18.5. The molecule has 2 aliphatic rings. The van der Waals surface area contributed by atoms with Crippen LogP contribution >= 0.6 is 0 Å². The Labute approximate surface area is 115 Å². The van der Waals surface area contributed by atoms with Crippen LogP contribution < -0.4 is 5.32 Å². The summed E-state index contributed by atoms with van der Waals surface area (Å²) < 4.78 is 0. The fraction of sp³-hybridized carbons (Fsp3) is 0.471. The predicted molar refractivity (Wildman–Crippen MR) is 78.1 cm³/mol. The number of fused-ring (bicyclic) bond motifs is 1. The zero-order valence-corrected chi connectivity index (χ0v) is 11.5. The van der Waals surface area contributed by atoms with Gasteiger partial charge in [-0.1, -0.05) is 13.5 Å². The Balaban J connectivity index is 2.15. The van der Waals surface area contributed by atoms with Crippen molar-refractivity contribution in [2.75, 3.05) is 5.32 Å². The highest BCUT2D eigenvalue weighted by atomic mass is 14.8. The smallest absolute Gasteiger partial charge is 0.0994 e. The molecule has 0 radical (unpaired) electrons. The van der Waals surface area contributed by atoms with Gasteiger partial charge in [-0.25, -0.2) is 0 Å². The molecule has 0 aromatic heterocycles. The summed E-state index contributed by atoms with van der Waals surface area (Å²) in [5.41, 5.74) is 6.07. The van der Waals surface area contributed by atoms with Crippen molar-refractivity contribution < 1.29 is 0 Å². The first-order chi connectivity index (χ1) is 9.26. The van der Waals surface area contributed by atoms with Gasteiger partial charge in [0.15, 0.2) is 0 Å². The van der Waals surface area contributed by atoms with Gasteiger partial charge in [-0.05, 0) is 72.9 Å². The zero-order valence-electron chi connectivity index (χ0n) is 11.5. The van der Waals surface area contributed by atoms with Crippen LogP contribution in [0.25, 0.3) is 0 Å². The Bertz CT molecular complexity index is 562. The summed E-state index contributed by atoms with van der Waals surface area (Å²) in [6.45, 7) is 6.10. The third kappa shape index (κ3) is 2.04. The lowest BCUT2D eigenvalue weighted by Gasteiger charge is -2.20. The molecule has 2 heteroatoms. The predicted octanol–water partition coefficient (Wildman–Crippen LogP) is 4.12. The summed E-state index contributed by atoms with van der Waals surface area (Å²) >= 11 is 0. The highest BCUT2D eigenvalue weighted by molar-refractivity contribution is 5.68. The summed E-state index contributed by atoms with van der Waals surface area (Å²) in [5, 5.41) is 12.7. The average Bonchev–Trinajstić information content (AvgIpc) is 3.16. The molecule has 1 atom stereocenters. The first-order valence-electron chi connectivity index (χ1n) is 7.22. The summed E-state index contributed by atoms with van der Waals surface area (Å²) in [6, 6.07) is 4.52. The van der Waals surface area contributed by atoms with Crippen molar-refractivity contribution in [1.29, 1.82) is 5.26 Å². The number of nitriles is 1. The standard InChI is InChI=1S/C17H20N2/c1-3-19-17-15-6-4-5-14(15)13(10-18)9-16(17)11(2)12-7-8-12/h3,9,11-12,19H,1,4-8H2,2H3/t11-/m1/s1. The van der Waals surface area contributed by atoms with Crippen LogP contribution in [0, 0.1) is 17.2 Å². The number of hydrogen-bond donors (Lipinski definition) is 1. The molecular formula is C17H20N2. The van der Waals surface area contributed by atoms with E-state index in [1.165, 1.54) is 35.2 Å². The zero-order chi connectivity index (χ0) is 13.4. The van der Waals surface area contributed by atoms with E-state index in [1.54, 1.807) is 6.20 Å². The first kappa shape index (κ1) is 12.3. The SMILES string of the molecule is C=CNc1c([C@H](C)C2CC2)cc(C#N)c2c1CCC2. The van der Waals surface area contributed by atoms with Crippen LogP contribution in [0.3, 0.4) is 0 Å². The molecule has 0 unspecified atom stereocenters. The average molecular weight is 252 g/mol. The van der Waals surface area contributed by atoms with Gasteiger partial charge in [0, 0.05) is 5.69 Å². The van der Waals surface area contributed by atoms with Crippen LogP contribution in [0.1, 0.15) is 54.4 Å². The molecule has 2 aliphatic carbocycles. The highest BCUT2D eigenvalue weighted by Gasteiger charge is 2.32. The molecule has 0 amide bonds. The van der Waals surface area contributed by atoms with Crippen molar-refractivity contribution in [2.24, 2.45) is 5.92 Å². The van der Waals surface area contributed by atoms with Crippen LogP contribution in [0.2, 0.25) is 0 Å². The Hall–Kier alpha value is -1.75. The van der Waals surface area contributed by atoms with E-state index in [1.807, 2.05) is 0 Å². The number of rotatable bonds is 4. The maximum absolute atomic E-state index is 9.39. The maximum atomic E-state index is 9.39. The second kappa shape index (κ2) is 4.74. The number of hydrogen-bond acceptors (Lipinski definition) is 2. The van der Waals surface area contributed by atoms with E-state index in [9.17, 15) is 5.26 Å². The van der Waals surface area contributed by atoms with Crippen molar-refractivity contribution in [3.8, 4) is 6.07 Å². The van der Waals surface area contributed by atoms with Gasteiger partial charge >= 0.3 is 0 Å². The minimum Gasteiger partial charge on any atom is -0.362 e. The molecule has 0 heterocycles. The fourth-order valence-corrected chi connectivity index (χ4v) is 3.39. The molecule has 0 spiro atoms. The summed E-state index contributed by atoms with van der Waals surface area (Å²) in [5.74, 6) is 1.34. The van der Waals surface area contributed by atoms with Gasteiger partial charge in [-0.2, -0.15) is 5.26 Å². The first-order valence-corrected chi connectivity index (χ1v) is 7.22. The van der Waals surface area contributed by atoms with E-state index in [2.05, 4.69) is 31.0 Å². The van der Waals surface area contributed by atoms with Gasteiger partial charge in [0.2, 0.25) is 0 Å². The van der Waals surface area contributed by atoms with Crippen molar-refractivity contribution in [2.45, 2.75) is 44.9 Å². The third-order valence-electron chi connectivity index (χ3n) is 4.62. The van der Waals surface area contributed by atoms with Crippen LogP contribution in [-0.2, 0) is 12.8 Å². The van der Waals surface area contributed by atoms with Gasteiger partial charge in [0.05, 0.1) is 11.6 Å². The Morgan fingerprint density at radius 2 is 2.16 bits per heavy atom. The molecule has 2 nitrogen and oxygen atoms in total. The van der Waals surface area contributed by atoms with Crippen LogP contribution in [0.15, 0.2) is 18.8 Å². The number of anilines is 1. The van der Waals surface area contributed by atoms with E-state index in [0.717, 1.165) is 30.7 Å². The quantitative estimate of drug-likeness (QED) is 0.875. The van der Waals surface area contributed by atoms with E-state index in [0.29, 0.717) is 5.92 Å². The lowest BCUT2D eigenvalue weighted by atomic mass is 9.88. The van der Waals surface area contributed by atoms with Crippen molar-refractivity contribution in [3.05, 3.63) is 41.1 Å². The third-order valence-corrected chi connectivity index (χ3v) is 4.62. The van der Waals surface area contributed by atoms with Crippen molar-refractivity contribution in [1.82, 2.24) is 0 Å². The lowest BCUT2D eigenvalue weighted by Crippen LogP contribution is -2.06. The Morgan fingerprint density at radius 3 is 2.79 bits per heavy atom. The molecule has 0 saturated heterocycles. The monoisotopic (exact) mass is 252 g/mol. The molecule has 1 saturated carbocycles. The molecule has 3 rings (SSSR count). The van der Waals surface area contributed by atoms with Gasteiger partial charge in [0.25, 0.3) is 0 Å². The lowest BCUT2D eigenvalue weighted by molar-refractivity contribution is 0.664. The van der Waals surface area contributed by atoms with Gasteiger partial charge in [-0.3, -0.25) is 0 Å². The largest absolute Gasteiger partial charge is 0.362 e. The van der Waals surface area contributed by atoms with E-state index >= 15 is 0 Å². The molecule has 0 bridgehead atoms. The molecule has 98 valence electrons. The summed E-state index contributed by atoms with van der Waals surface area (Å²) in [4.78, 5) is 0. The highest BCUT2D eigenvalue weighted by Crippen LogP contribution is 2.47. The summed E-state index contributed by atoms with van der Waals surface area (Å²) in [6.07, 6.45) is 7.72. The number of nitrogens with one attached hydrogen (secondary N) is 1. The number of nitrogens with zero attached hydrogens (tertiary/aromatic N) is 1. The molecule has 1 fully saturated rings. The van der Waals surface area contributed by atoms with E-state index in [-0.39, 0.29) is 0 Å². The van der Waals surface area contributed by atoms with Gasteiger partial charge in [0.1, 0.15) is 0 Å². The van der Waals surface area contributed by atoms with E-state index in [4.69, 9.17) is 0 Å². The van der Waals surface area contributed by atoms with Crippen LogP contribution in [-0.4, -0.2) is 0 Å². The van der Waals surface area contributed by atoms with Crippen molar-refractivity contribution in [3.63, 3.8) is 0 Å². The molecular weight excluding hydrogens is 232 g/mol. The Morgan fingerprint density at radius 1 is 1.42 bits per heavy atom. The molecule has 19 heavy (non-hydrogen) atoms. The van der Waals surface area contributed by atoms with Crippen molar-refractivity contribution >= 4 is 5.69 Å². The molecule has 0 aliphatic heterocycles. The minimum absolute atomic E-state index is 0.542. The summed E-state index contributed by atoms with van der Waals surface area (Å²) in [7, 11) is 0. The van der Waals surface area contributed by atoms with Crippen LogP contribution in [0.5, 0.6) is 0 Å². The second-order valence-electron chi connectivity index (χ2n) is 5.79. The van der Waals surface area contributed by atoms with Gasteiger partial charge in [-0.15, -0.1) is 0 Å². The Kier molecular flexibility index (Phi) is 3.06.